The molecular formula is C21H24N8. The van der Waals surface area contributed by atoms with E-state index in [9.17, 15) is 0 Å². The van der Waals surface area contributed by atoms with Gasteiger partial charge in [0, 0.05) is 30.5 Å². The average Bonchev–Trinajstić information content (AvgIpc) is 3.35. The first kappa shape index (κ1) is 18.9. The second kappa shape index (κ2) is 7.89. The SMILES string of the molecule is CC1CN(c2ccc(-n3cnc(Nc4cnc(C#N)cn4)c3)cc2)CC1N(C)C. The van der Waals surface area contributed by atoms with Crippen LogP contribution in [-0.4, -0.2) is 57.6 Å². The van der Waals surface area contributed by atoms with E-state index in [0.717, 1.165) is 18.8 Å². The van der Waals surface area contributed by atoms with Gasteiger partial charge < -0.3 is 19.7 Å². The number of aromatic nitrogens is 4. The third kappa shape index (κ3) is 4.05. The summed E-state index contributed by atoms with van der Waals surface area (Å²) in [5.74, 6) is 1.86. The molecule has 3 aromatic rings. The van der Waals surface area contributed by atoms with Crippen LogP contribution in [0.5, 0.6) is 0 Å². The number of anilines is 3. The molecular weight excluding hydrogens is 364 g/mol. The van der Waals surface area contributed by atoms with Crippen LogP contribution in [-0.2, 0) is 0 Å². The van der Waals surface area contributed by atoms with Gasteiger partial charge in [-0.25, -0.2) is 15.0 Å². The van der Waals surface area contributed by atoms with Crippen molar-refractivity contribution in [3.63, 3.8) is 0 Å². The minimum atomic E-state index is 0.283. The molecule has 1 aromatic carbocycles. The Kier molecular flexibility index (Phi) is 5.14. The first-order valence-corrected chi connectivity index (χ1v) is 9.58. The van der Waals surface area contributed by atoms with E-state index in [2.05, 4.69) is 75.4 Å². The highest BCUT2D eigenvalue weighted by Crippen LogP contribution is 2.27. The van der Waals surface area contributed by atoms with Gasteiger partial charge in [-0.05, 0) is 44.3 Å². The van der Waals surface area contributed by atoms with Crippen molar-refractivity contribution in [1.29, 1.82) is 5.26 Å². The molecule has 1 aliphatic heterocycles. The summed E-state index contributed by atoms with van der Waals surface area (Å²) in [7, 11) is 4.31. The Morgan fingerprint density at radius 3 is 2.41 bits per heavy atom. The zero-order valence-electron chi connectivity index (χ0n) is 16.8. The molecule has 29 heavy (non-hydrogen) atoms. The molecule has 1 N–H and O–H groups in total. The number of nitriles is 1. The van der Waals surface area contributed by atoms with Crippen molar-refractivity contribution in [1.82, 2.24) is 24.4 Å². The van der Waals surface area contributed by atoms with Crippen LogP contribution in [0.15, 0.2) is 49.2 Å². The molecule has 0 bridgehead atoms. The van der Waals surface area contributed by atoms with Crippen molar-refractivity contribution in [2.45, 2.75) is 13.0 Å². The minimum absolute atomic E-state index is 0.283. The molecule has 0 amide bonds. The summed E-state index contributed by atoms with van der Waals surface area (Å²) in [5, 5.41) is 11.9. The number of likely N-dealkylation sites (N-methyl/N-ethyl adjacent to an activating group) is 1. The zero-order chi connectivity index (χ0) is 20.4. The Morgan fingerprint density at radius 2 is 1.79 bits per heavy atom. The topological polar surface area (TPSA) is 85.9 Å². The van der Waals surface area contributed by atoms with E-state index in [-0.39, 0.29) is 5.69 Å². The van der Waals surface area contributed by atoms with Gasteiger partial charge in [-0.15, -0.1) is 0 Å². The number of nitrogens with one attached hydrogen (secondary N) is 1. The number of benzene rings is 1. The molecule has 2 unspecified atom stereocenters. The van der Waals surface area contributed by atoms with Crippen molar-refractivity contribution < 1.29 is 0 Å². The summed E-state index contributed by atoms with van der Waals surface area (Å²) in [5.41, 5.74) is 2.57. The molecule has 0 spiro atoms. The Morgan fingerprint density at radius 1 is 1.03 bits per heavy atom. The van der Waals surface area contributed by atoms with Crippen molar-refractivity contribution in [3.05, 3.63) is 54.9 Å². The molecule has 4 rings (SSSR count). The molecule has 1 fully saturated rings. The number of hydrogen-bond donors (Lipinski definition) is 1. The highest BCUT2D eigenvalue weighted by molar-refractivity contribution is 5.54. The van der Waals surface area contributed by atoms with Gasteiger partial charge in [0.25, 0.3) is 0 Å². The third-order valence-corrected chi connectivity index (χ3v) is 5.35. The van der Waals surface area contributed by atoms with Crippen LogP contribution >= 0.6 is 0 Å². The molecule has 3 heterocycles. The van der Waals surface area contributed by atoms with Gasteiger partial charge in [0.15, 0.2) is 5.69 Å². The van der Waals surface area contributed by atoms with Gasteiger partial charge >= 0.3 is 0 Å². The zero-order valence-corrected chi connectivity index (χ0v) is 16.8. The van der Waals surface area contributed by atoms with E-state index in [0.29, 0.717) is 23.6 Å². The fourth-order valence-corrected chi connectivity index (χ4v) is 3.78. The minimum Gasteiger partial charge on any atom is -0.370 e. The number of imidazole rings is 1. The van der Waals surface area contributed by atoms with Crippen molar-refractivity contribution >= 4 is 17.3 Å². The molecule has 2 aromatic heterocycles. The summed E-state index contributed by atoms with van der Waals surface area (Å²) >= 11 is 0. The van der Waals surface area contributed by atoms with Gasteiger partial charge in [0.1, 0.15) is 24.0 Å². The van der Waals surface area contributed by atoms with Crippen LogP contribution in [0.4, 0.5) is 17.3 Å². The molecule has 2 atom stereocenters. The Hall–Kier alpha value is -3.44. The number of rotatable bonds is 5. The maximum atomic E-state index is 8.79. The first-order chi connectivity index (χ1) is 14.0. The van der Waals surface area contributed by atoms with Crippen molar-refractivity contribution in [2.75, 3.05) is 37.4 Å². The van der Waals surface area contributed by atoms with Gasteiger partial charge in [-0.1, -0.05) is 6.92 Å². The Balaban J connectivity index is 1.44. The summed E-state index contributed by atoms with van der Waals surface area (Å²) in [6, 6.07) is 11.1. The fourth-order valence-electron chi connectivity index (χ4n) is 3.78. The molecule has 0 aliphatic carbocycles. The quantitative estimate of drug-likeness (QED) is 0.719. The van der Waals surface area contributed by atoms with Crippen LogP contribution < -0.4 is 10.2 Å². The second-order valence-electron chi connectivity index (χ2n) is 7.62. The largest absolute Gasteiger partial charge is 0.370 e. The lowest BCUT2D eigenvalue weighted by atomic mass is 10.1. The summed E-state index contributed by atoms with van der Waals surface area (Å²) < 4.78 is 1.96. The Bertz CT molecular complexity index is 1000. The summed E-state index contributed by atoms with van der Waals surface area (Å²) in [6.45, 7) is 4.45. The predicted octanol–water partition coefficient (Wildman–Crippen LogP) is 2.66. The smallest absolute Gasteiger partial charge is 0.158 e. The van der Waals surface area contributed by atoms with E-state index in [1.165, 1.54) is 18.1 Å². The van der Waals surface area contributed by atoms with Gasteiger partial charge in [0.05, 0.1) is 18.6 Å². The molecule has 1 aliphatic rings. The van der Waals surface area contributed by atoms with E-state index < -0.39 is 0 Å². The first-order valence-electron chi connectivity index (χ1n) is 9.58. The molecule has 148 valence electrons. The summed E-state index contributed by atoms with van der Waals surface area (Å²) in [4.78, 5) is 17.3. The monoisotopic (exact) mass is 388 g/mol. The number of hydrogen-bond acceptors (Lipinski definition) is 7. The van der Waals surface area contributed by atoms with Crippen LogP contribution in [0, 0.1) is 17.2 Å². The highest BCUT2D eigenvalue weighted by atomic mass is 15.2. The number of nitrogens with zero attached hydrogens (tertiary/aromatic N) is 7. The van der Waals surface area contributed by atoms with E-state index in [1.807, 2.05) is 16.8 Å². The normalized spacial score (nSPS) is 18.8. The molecule has 0 saturated carbocycles. The third-order valence-electron chi connectivity index (χ3n) is 5.35. The van der Waals surface area contributed by atoms with Crippen molar-refractivity contribution in [3.8, 4) is 11.8 Å². The van der Waals surface area contributed by atoms with Crippen LogP contribution in [0.3, 0.4) is 0 Å². The highest BCUT2D eigenvalue weighted by Gasteiger charge is 2.30. The lowest BCUT2D eigenvalue weighted by Gasteiger charge is -2.23. The van der Waals surface area contributed by atoms with E-state index >= 15 is 0 Å². The van der Waals surface area contributed by atoms with Crippen molar-refractivity contribution in [2.24, 2.45) is 5.92 Å². The van der Waals surface area contributed by atoms with E-state index in [1.54, 1.807) is 6.33 Å². The maximum absolute atomic E-state index is 8.79. The lowest BCUT2D eigenvalue weighted by Crippen LogP contribution is -2.34. The standard InChI is InChI=1S/C21H24N8/c1-15-11-28(12-19(15)27(2)3)17-4-6-18(7-5-17)29-13-21(25-14-29)26-20-10-23-16(8-22)9-24-20/h4-7,9-10,13-15,19H,11-12H2,1-3H3,(H,24,26). The van der Waals surface area contributed by atoms with Gasteiger partial charge in [-0.3, -0.25) is 0 Å². The maximum Gasteiger partial charge on any atom is 0.158 e. The van der Waals surface area contributed by atoms with Crippen LogP contribution in [0.2, 0.25) is 0 Å². The second-order valence-corrected chi connectivity index (χ2v) is 7.62. The van der Waals surface area contributed by atoms with E-state index in [4.69, 9.17) is 5.26 Å². The molecule has 8 nitrogen and oxygen atoms in total. The molecule has 1 saturated heterocycles. The van der Waals surface area contributed by atoms with Crippen LogP contribution in [0.25, 0.3) is 5.69 Å². The average molecular weight is 388 g/mol. The van der Waals surface area contributed by atoms with Gasteiger partial charge in [-0.2, -0.15) is 5.26 Å². The summed E-state index contributed by atoms with van der Waals surface area (Å²) in [6.07, 6.45) is 6.60. The fraction of sp³-hybridized carbons (Fsp3) is 0.333. The Labute approximate surface area is 170 Å². The predicted molar refractivity (Wildman–Crippen MR) is 112 cm³/mol. The molecule has 8 heteroatoms. The van der Waals surface area contributed by atoms with Gasteiger partial charge in [0.2, 0.25) is 0 Å². The molecule has 0 radical (unpaired) electrons. The lowest BCUT2D eigenvalue weighted by molar-refractivity contribution is 0.266. The van der Waals surface area contributed by atoms with Crippen LogP contribution in [0.1, 0.15) is 12.6 Å².